The van der Waals surface area contributed by atoms with Crippen LogP contribution in [-0.4, -0.2) is 19.3 Å². The first-order valence-electron chi connectivity index (χ1n) is 7.22. The van der Waals surface area contributed by atoms with Crippen LogP contribution in [0.5, 0.6) is 17.2 Å². The molecule has 1 aromatic heterocycles. The molecule has 2 aromatic carbocycles. The zero-order valence-corrected chi connectivity index (χ0v) is 13.3. The summed E-state index contributed by atoms with van der Waals surface area (Å²) in [5.74, 6) is 1.11. The number of rotatable bonds is 4. The van der Waals surface area contributed by atoms with Crippen molar-refractivity contribution >= 4 is 16.5 Å². The molecule has 3 rings (SSSR count). The smallest absolute Gasteiger partial charge is 0.339 e. The Hall–Kier alpha value is -3.21. The van der Waals surface area contributed by atoms with Gasteiger partial charge in [-0.3, -0.25) is 0 Å². The summed E-state index contributed by atoms with van der Waals surface area (Å²) in [7, 11) is 3.03. The van der Waals surface area contributed by atoms with Crippen LogP contribution in [-0.2, 0) is 0 Å². The van der Waals surface area contributed by atoms with Gasteiger partial charge < -0.3 is 19.0 Å². The fraction of sp³-hybridized carbons (Fsp3) is 0.105. The highest BCUT2D eigenvalue weighted by atomic mass is 16.5. The second-order valence-corrected chi connectivity index (χ2v) is 5.21. The third-order valence-electron chi connectivity index (χ3n) is 3.78. The molecule has 24 heavy (non-hydrogen) atoms. The van der Waals surface area contributed by atoms with Gasteiger partial charge in [0.15, 0.2) is 0 Å². The van der Waals surface area contributed by atoms with Gasteiger partial charge >= 0.3 is 5.63 Å². The van der Waals surface area contributed by atoms with E-state index in [0.717, 1.165) is 11.1 Å². The number of hydrogen-bond donors (Lipinski definition) is 1. The molecule has 1 heterocycles. The molecule has 0 spiro atoms. The van der Waals surface area contributed by atoms with E-state index in [9.17, 15) is 9.90 Å². The summed E-state index contributed by atoms with van der Waals surface area (Å²) in [6.07, 6.45) is 0. The Balaban J connectivity index is 2.30. The topological polar surface area (TPSA) is 68.9 Å². The van der Waals surface area contributed by atoms with Crippen molar-refractivity contribution in [1.82, 2.24) is 0 Å². The van der Waals surface area contributed by atoms with Gasteiger partial charge in [0.2, 0.25) is 0 Å². The largest absolute Gasteiger partial charge is 0.508 e. The van der Waals surface area contributed by atoms with E-state index < -0.39 is 5.63 Å². The highest BCUT2D eigenvalue weighted by Crippen LogP contribution is 2.37. The van der Waals surface area contributed by atoms with Gasteiger partial charge in [0.1, 0.15) is 22.8 Å². The lowest BCUT2D eigenvalue weighted by Crippen LogP contribution is -2.01. The molecule has 0 unspecified atom stereocenters. The van der Waals surface area contributed by atoms with Crippen LogP contribution in [0.2, 0.25) is 0 Å². The zero-order valence-electron chi connectivity index (χ0n) is 13.3. The molecule has 3 aromatic rings. The number of benzene rings is 2. The van der Waals surface area contributed by atoms with Crippen LogP contribution < -0.4 is 15.1 Å². The molecule has 1 N–H and O–H groups in total. The maximum Gasteiger partial charge on any atom is 0.339 e. The lowest BCUT2D eigenvalue weighted by atomic mass is 9.95. The molecule has 0 aliphatic heterocycles. The lowest BCUT2D eigenvalue weighted by Gasteiger charge is -2.14. The van der Waals surface area contributed by atoms with Gasteiger partial charge in [-0.2, -0.15) is 0 Å². The van der Waals surface area contributed by atoms with Crippen LogP contribution in [0.1, 0.15) is 11.1 Å². The summed E-state index contributed by atoms with van der Waals surface area (Å²) in [5.41, 5.74) is 2.07. The Kier molecular flexibility index (Phi) is 4.00. The maximum absolute atomic E-state index is 11.7. The minimum absolute atomic E-state index is 0.172. The van der Waals surface area contributed by atoms with E-state index in [2.05, 4.69) is 6.58 Å². The highest BCUT2D eigenvalue weighted by molar-refractivity contribution is 5.99. The summed E-state index contributed by atoms with van der Waals surface area (Å²) in [5, 5.41) is 10.1. The van der Waals surface area contributed by atoms with Crippen molar-refractivity contribution in [2.24, 2.45) is 0 Å². The van der Waals surface area contributed by atoms with Crippen LogP contribution in [0, 0.1) is 0 Å². The molecule has 5 heteroatoms. The van der Waals surface area contributed by atoms with E-state index >= 15 is 0 Å². The lowest BCUT2D eigenvalue weighted by molar-refractivity contribution is 0.408. The number of phenols is 1. The fourth-order valence-corrected chi connectivity index (χ4v) is 2.58. The van der Waals surface area contributed by atoms with Crippen molar-refractivity contribution in [3.05, 3.63) is 70.6 Å². The molecule has 0 aliphatic rings. The Morgan fingerprint density at radius 3 is 2.42 bits per heavy atom. The van der Waals surface area contributed by atoms with E-state index in [1.165, 1.54) is 20.3 Å². The van der Waals surface area contributed by atoms with E-state index in [1.807, 2.05) is 0 Å². The molecule has 0 saturated heterocycles. The maximum atomic E-state index is 11.7. The van der Waals surface area contributed by atoms with Gasteiger partial charge in [-0.25, -0.2) is 4.79 Å². The molecular formula is C19H16O5. The molecule has 0 fully saturated rings. The standard InChI is InChI=1S/C19H16O5/c1-11(12-4-6-13(20)7-5-12)15-8-14(22-2)9-17-19(15)16(23-3)10-18(21)24-17/h4-10,20H,1H2,2-3H3. The second-order valence-electron chi connectivity index (χ2n) is 5.21. The number of fused-ring (bicyclic) bond motifs is 1. The van der Waals surface area contributed by atoms with Gasteiger partial charge in [0, 0.05) is 11.6 Å². The molecular weight excluding hydrogens is 308 g/mol. The van der Waals surface area contributed by atoms with Crippen LogP contribution in [0.15, 0.2) is 58.3 Å². The van der Waals surface area contributed by atoms with Crippen molar-refractivity contribution in [3.63, 3.8) is 0 Å². The number of ether oxygens (including phenoxy) is 2. The minimum atomic E-state index is -0.506. The Morgan fingerprint density at radius 1 is 1.08 bits per heavy atom. The second kappa shape index (κ2) is 6.12. The van der Waals surface area contributed by atoms with Crippen molar-refractivity contribution in [2.45, 2.75) is 0 Å². The average Bonchev–Trinajstić information content (AvgIpc) is 2.59. The summed E-state index contributed by atoms with van der Waals surface area (Å²) >= 11 is 0. The molecule has 5 nitrogen and oxygen atoms in total. The molecule has 0 amide bonds. The first-order chi connectivity index (χ1) is 11.5. The van der Waals surface area contributed by atoms with Crippen LogP contribution in [0.4, 0.5) is 0 Å². The van der Waals surface area contributed by atoms with Gasteiger partial charge in [0.05, 0.1) is 25.7 Å². The van der Waals surface area contributed by atoms with Crippen molar-refractivity contribution in [3.8, 4) is 17.2 Å². The van der Waals surface area contributed by atoms with Crippen LogP contribution in [0.3, 0.4) is 0 Å². The summed E-state index contributed by atoms with van der Waals surface area (Å²) in [6.45, 7) is 4.14. The van der Waals surface area contributed by atoms with Crippen molar-refractivity contribution < 1.29 is 19.0 Å². The highest BCUT2D eigenvalue weighted by Gasteiger charge is 2.16. The molecule has 0 saturated carbocycles. The van der Waals surface area contributed by atoms with E-state index in [4.69, 9.17) is 13.9 Å². The number of phenolic OH excluding ortho intramolecular Hbond substituents is 1. The van der Waals surface area contributed by atoms with Gasteiger partial charge in [-0.1, -0.05) is 18.7 Å². The molecule has 0 radical (unpaired) electrons. The fourth-order valence-electron chi connectivity index (χ4n) is 2.58. The first-order valence-corrected chi connectivity index (χ1v) is 7.22. The van der Waals surface area contributed by atoms with E-state index in [1.54, 1.807) is 36.4 Å². The van der Waals surface area contributed by atoms with E-state index in [0.29, 0.717) is 28.0 Å². The van der Waals surface area contributed by atoms with Crippen molar-refractivity contribution in [2.75, 3.05) is 14.2 Å². The van der Waals surface area contributed by atoms with Gasteiger partial charge in [-0.05, 0) is 29.3 Å². The molecule has 0 bridgehead atoms. The summed E-state index contributed by atoms with van der Waals surface area (Å²) in [4.78, 5) is 11.7. The first kappa shape index (κ1) is 15.7. The van der Waals surface area contributed by atoms with E-state index in [-0.39, 0.29) is 5.75 Å². The predicted molar refractivity (Wildman–Crippen MR) is 91.8 cm³/mol. The zero-order chi connectivity index (χ0) is 17.3. The normalized spacial score (nSPS) is 10.6. The monoisotopic (exact) mass is 324 g/mol. The predicted octanol–water partition coefficient (Wildman–Crippen LogP) is 3.58. The Labute approximate surface area is 138 Å². The third-order valence-corrected chi connectivity index (χ3v) is 3.78. The minimum Gasteiger partial charge on any atom is -0.508 e. The third kappa shape index (κ3) is 2.72. The van der Waals surface area contributed by atoms with Gasteiger partial charge in [-0.15, -0.1) is 0 Å². The Bertz CT molecular complexity index is 967. The van der Waals surface area contributed by atoms with Crippen molar-refractivity contribution in [1.29, 1.82) is 0 Å². The molecule has 0 aliphatic carbocycles. The average molecular weight is 324 g/mol. The van der Waals surface area contributed by atoms with Crippen LogP contribution >= 0.6 is 0 Å². The Morgan fingerprint density at radius 2 is 1.79 bits per heavy atom. The van der Waals surface area contributed by atoms with Gasteiger partial charge in [0.25, 0.3) is 0 Å². The van der Waals surface area contributed by atoms with Crippen LogP contribution in [0.25, 0.3) is 16.5 Å². The molecule has 0 atom stereocenters. The molecule has 122 valence electrons. The number of methoxy groups -OCH3 is 2. The number of aromatic hydroxyl groups is 1. The quantitative estimate of drug-likeness (QED) is 0.743. The summed E-state index contributed by atoms with van der Waals surface area (Å²) in [6, 6.07) is 11.4. The SMILES string of the molecule is C=C(c1ccc(O)cc1)c1cc(OC)cc2oc(=O)cc(OC)c12. The number of hydrogen-bond acceptors (Lipinski definition) is 5. The summed E-state index contributed by atoms with van der Waals surface area (Å²) < 4.78 is 15.9.